The van der Waals surface area contributed by atoms with Crippen molar-refractivity contribution in [1.82, 2.24) is 15.2 Å². The van der Waals surface area contributed by atoms with Crippen molar-refractivity contribution in [3.63, 3.8) is 0 Å². The van der Waals surface area contributed by atoms with Gasteiger partial charge in [-0.05, 0) is 0 Å². The predicted molar refractivity (Wildman–Crippen MR) is 28.8 cm³/mol. The van der Waals surface area contributed by atoms with Gasteiger partial charge in [-0.3, -0.25) is 5.10 Å². The molecule has 1 aromatic rings. The molecule has 0 bridgehead atoms. The molecule has 0 spiro atoms. The molecule has 0 aliphatic carbocycles. The van der Waals surface area contributed by atoms with Crippen LogP contribution in [0.25, 0.3) is 0 Å². The molecule has 0 aliphatic rings. The fourth-order valence-electron chi connectivity index (χ4n) is 0.356. The van der Waals surface area contributed by atoms with Gasteiger partial charge in [-0.1, -0.05) is 0 Å². The standard InChI is InChI=1S/C3H4FN3OS/c4-1-9(8)3-5-2-6-7-3/h2H,1H2,(H,5,6,7). The van der Waals surface area contributed by atoms with E-state index in [0.717, 1.165) is 0 Å². The Bertz CT molecular complexity index is 199. The van der Waals surface area contributed by atoms with E-state index < -0.39 is 16.8 Å². The fourth-order valence-corrected chi connectivity index (χ4v) is 0.778. The molecule has 1 unspecified atom stereocenters. The summed E-state index contributed by atoms with van der Waals surface area (Å²) >= 11 is 0. The van der Waals surface area contributed by atoms with Gasteiger partial charge < -0.3 is 0 Å². The Kier molecular flexibility index (Phi) is 1.88. The van der Waals surface area contributed by atoms with E-state index in [0.29, 0.717) is 0 Å². The van der Waals surface area contributed by atoms with Crippen LogP contribution in [0.4, 0.5) is 4.39 Å². The molecule has 1 atom stereocenters. The highest BCUT2D eigenvalue weighted by molar-refractivity contribution is 7.84. The molecule has 50 valence electrons. The third-order valence-electron chi connectivity index (χ3n) is 0.708. The number of aromatic nitrogens is 3. The summed E-state index contributed by atoms with van der Waals surface area (Å²) in [5, 5.41) is 5.76. The van der Waals surface area contributed by atoms with Gasteiger partial charge in [0.15, 0.2) is 6.01 Å². The monoisotopic (exact) mass is 149 g/mol. The first-order valence-electron chi connectivity index (χ1n) is 2.14. The minimum Gasteiger partial charge on any atom is -0.252 e. The van der Waals surface area contributed by atoms with Gasteiger partial charge in [0.05, 0.1) is 0 Å². The molecule has 0 saturated heterocycles. The summed E-state index contributed by atoms with van der Waals surface area (Å²) in [5.74, 6) is 0. The number of rotatable bonds is 2. The molecule has 0 radical (unpaired) electrons. The lowest BCUT2D eigenvalue weighted by Gasteiger charge is -1.84. The molecule has 9 heavy (non-hydrogen) atoms. The zero-order valence-electron chi connectivity index (χ0n) is 4.37. The lowest BCUT2D eigenvalue weighted by atomic mass is 11.3. The smallest absolute Gasteiger partial charge is 0.217 e. The zero-order chi connectivity index (χ0) is 6.69. The Hall–Kier alpha value is -0.780. The Labute approximate surface area is 53.0 Å². The number of H-pyrrole nitrogens is 1. The third-order valence-corrected chi connectivity index (χ3v) is 1.53. The average Bonchev–Trinajstić information content (AvgIpc) is 2.37. The Morgan fingerprint density at radius 2 is 2.67 bits per heavy atom. The van der Waals surface area contributed by atoms with Crippen molar-refractivity contribution < 1.29 is 8.60 Å². The summed E-state index contributed by atoms with van der Waals surface area (Å²) in [4.78, 5) is 3.48. The van der Waals surface area contributed by atoms with Crippen molar-refractivity contribution in [3.05, 3.63) is 6.33 Å². The molecule has 1 rings (SSSR count). The normalized spacial score (nSPS) is 13.4. The SMILES string of the molecule is O=S(CF)c1ncn[nH]1. The maximum absolute atomic E-state index is 11.6. The summed E-state index contributed by atoms with van der Waals surface area (Å²) in [5.41, 5.74) is 0. The Balaban J connectivity index is 2.77. The molecule has 1 heterocycles. The number of aromatic amines is 1. The van der Waals surface area contributed by atoms with Crippen LogP contribution in [0.15, 0.2) is 11.5 Å². The average molecular weight is 149 g/mol. The van der Waals surface area contributed by atoms with Gasteiger partial charge in [-0.15, -0.1) is 0 Å². The minimum atomic E-state index is -1.66. The van der Waals surface area contributed by atoms with Gasteiger partial charge in [0.1, 0.15) is 17.1 Å². The van der Waals surface area contributed by atoms with E-state index >= 15 is 0 Å². The number of hydrogen-bond acceptors (Lipinski definition) is 3. The number of nitrogens with zero attached hydrogens (tertiary/aromatic N) is 2. The molecule has 0 fully saturated rings. The number of halogens is 1. The first kappa shape index (κ1) is 6.34. The summed E-state index contributed by atoms with van der Waals surface area (Å²) in [6.07, 6.45) is 1.18. The number of alkyl halides is 1. The summed E-state index contributed by atoms with van der Waals surface area (Å²) in [7, 11) is -1.66. The summed E-state index contributed by atoms with van der Waals surface area (Å²) < 4.78 is 22.0. The molecule has 0 aromatic carbocycles. The summed E-state index contributed by atoms with van der Waals surface area (Å²) in [6, 6.07) is -0.921. The quantitative estimate of drug-likeness (QED) is 0.635. The van der Waals surface area contributed by atoms with Gasteiger partial charge in [0, 0.05) is 0 Å². The molecule has 6 heteroatoms. The lowest BCUT2D eigenvalue weighted by Crippen LogP contribution is -1.94. The first-order valence-corrected chi connectivity index (χ1v) is 3.46. The van der Waals surface area contributed by atoms with Crippen LogP contribution in [0.3, 0.4) is 0 Å². The van der Waals surface area contributed by atoms with Crippen molar-refractivity contribution in [2.45, 2.75) is 5.16 Å². The largest absolute Gasteiger partial charge is 0.252 e. The van der Waals surface area contributed by atoms with Crippen molar-refractivity contribution >= 4 is 10.8 Å². The van der Waals surface area contributed by atoms with E-state index in [1.54, 1.807) is 0 Å². The number of hydrogen-bond donors (Lipinski definition) is 1. The van der Waals surface area contributed by atoms with Crippen molar-refractivity contribution in [3.8, 4) is 0 Å². The van der Waals surface area contributed by atoms with E-state index in [4.69, 9.17) is 0 Å². The molecular formula is C3H4FN3OS. The van der Waals surface area contributed by atoms with Crippen LogP contribution in [-0.4, -0.2) is 25.4 Å². The molecular weight excluding hydrogens is 145 g/mol. The van der Waals surface area contributed by atoms with Crippen LogP contribution in [0.2, 0.25) is 0 Å². The van der Waals surface area contributed by atoms with Crippen LogP contribution in [0, 0.1) is 0 Å². The minimum absolute atomic E-state index is 0.0810. The van der Waals surface area contributed by atoms with Crippen molar-refractivity contribution in [1.29, 1.82) is 0 Å². The second-order valence-corrected chi connectivity index (χ2v) is 2.54. The molecule has 1 aromatic heterocycles. The number of nitrogens with one attached hydrogen (secondary N) is 1. The van der Waals surface area contributed by atoms with Gasteiger partial charge in [-0.2, -0.15) is 5.10 Å². The van der Waals surface area contributed by atoms with Gasteiger partial charge >= 0.3 is 0 Å². The molecule has 0 amide bonds. The zero-order valence-corrected chi connectivity index (χ0v) is 5.19. The van der Waals surface area contributed by atoms with Crippen LogP contribution < -0.4 is 0 Å². The Morgan fingerprint density at radius 1 is 1.89 bits per heavy atom. The molecule has 4 nitrogen and oxygen atoms in total. The van der Waals surface area contributed by atoms with Gasteiger partial charge in [-0.25, -0.2) is 13.6 Å². The topological polar surface area (TPSA) is 58.6 Å². The van der Waals surface area contributed by atoms with E-state index in [9.17, 15) is 8.60 Å². The summed E-state index contributed by atoms with van der Waals surface area (Å²) in [6.45, 7) is 0. The third kappa shape index (κ3) is 1.32. The molecule has 1 N–H and O–H groups in total. The van der Waals surface area contributed by atoms with Crippen LogP contribution in [-0.2, 0) is 10.8 Å². The fraction of sp³-hybridized carbons (Fsp3) is 0.333. The maximum Gasteiger partial charge on any atom is 0.217 e. The lowest BCUT2D eigenvalue weighted by molar-refractivity contribution is 0.577. The molecule has 0 saturated carbocycles. The van der Waals surface area contributed by atoms with E-state index in [1.807, 2.05) is 0 Å². The van der Waals surface area contributed by atoms with Gasteiger partial charge in [0.2, 0.25) is 5.16 Å². The van der Waals surface area contributed by atoms with Crippen molar-refractivity contribution in [2.75, 3.05) is 6.01 Å². The second kappa shape index (κ2) is 2.67. The van der Waals surface area contributed by atoms with Crippen LogP contribution in [0.5, 0.6) is 0 Å². The Morgan fingerprint density at radius 3 is 3.11 bits per heavy atom. The van der Waals surface area contributed by atoms with Crippen LogP contribution in [0.1, 0.15) is 0 Å². The maximum atomic E-state index is 11.6. The highest BCUT2D eigenvalue weighted by Gasteiger charge is 2.03. The van der Waals surface area contributed by atoms with E-state index in [1.165, 1.54) is 6.33 Å². The highest BCUT2D eigenvalue weighted by Crippen LogP contribution is 1.94. The highest BCUT2D eigenvalue weighted by atomic mass is 32.2. The predicted octanol–water partition coefficient (Wildman–Crippen LogP) is -0.161. The first-order chi connectivity index (χ1) is 4.34. The molecule has 0 aliphatic heterocycles. The second-order valence-electron chi connectivity index (χ2n) is 1.25. The van der Waals surface area contributed by atoms with E-state index in [2.05, 4.69) is 15.2 Å². The van der Waals surface area contributed by atoms with Gasteiger partial charge in [0.25, 0.3) is 0 Å². The van der Waals surface area contributed by atoms with E-state index in [-0.39, 0.29) is 5.16 Å². The van der Waals surface area contributed by atoms with Crippen molar-refractivity contribution in [2.24, 2.45) is 0 Å². The van der Waals surface area contributed by atoms with Crippen LogP contribution >= 0.6 is 0 Å².